The van der Waals surface area contributed by atoms with Crippen LogP contribution in [0.4, 0.5) is 5.69 Å². The Bertz CT molecular complexity index is 789. The largest absolute Gasteiger partial charge is 0.497 e. The molecule has 0 aromatic heterocycles. The van der Waals surface area contributed by atoms with E-state index in [1.165, 1.54) is 26.0 Å². The molecule has 2 aromatic carbocycles. The number of nitrogens with zero attached hydrogens (tertiary/aromatic N) is 1. The van der Waals surface area contributed by atoms with Crippen LogP contribution in [-0.4, -0.2) is 39.7 Å². The van der Waals surface area contributed by atoms with Crippen molar-refractivity contribution in [1.29, 1.82) is 0 Å². The van der Waals surface area contributed by atoms with E-state index in [9.17, 15) is 9.59 Å². The third-order valence-corrected chi connectivity index (χ3v) is 4.01. The zero-order valence-electron chi connectivity index (χ0n) is 15.9. The first-order valence-electron chi connectivity index (χ1n) is 8.38. The van der Waals surface area contributed by atoms with Gasteiger partial charge in [-0.2, -0.15) is 0 Å². The van der Waals surface area contributed by atoms with Gasteiger partial charge in [0.25, 0.3) is 0 Å². The van der Waals surface area contributed by atoms with Gasteiger partial charge in [0.1, 0.15) is 12.3 Å². The minimum Gasteiger partial charge on any atom is -0.497 e. The molecule has 144 valence electrons. The van der Waals surface area contributed by atoms with Gasteiger partial charge in [-0.05, 0) is 29.8 Å². The average Bonchev–Trinajstić information content (AvgIpc) is 2.70. The molecule has 0 heterocycles. The number of anilines is 1. The highest BCUT2D eigenvalue weighted by atomic mass is 16.5. The topological polar surface area (TPSA) is 77.1 Å². The number of rotatable bonds is 8. The van der Waals surface area contributed by atoms with Crippen molar-refractivity contribution in [3.63, 3.8) is 0 Å². The van der Waals surface area contributed by atoms with Gasteiger partial charge in [0, 0.05) is 25.2 Å². The predicted molar refractivity (Wildman–Crippen MR) is 102 cm³/mol. The number of nitrogens with one attached hydrogen (secondary N) is 1. The summed E-state index contributed by atoms with van der Waals surface area (Å²) in [5, 5.41) is 2.81. The van der Waals surface area contributed by atoms with Crippen molar-refractivity contribution in [2.45, 2.75) is 13.5 Å². The van der Waals surface area contributed by atoms with Gasteiger partial charge in [0.05, 0.1) is 21.3 Å². The van der Waals surface area contributed by atoms with Crippen molar-refractivity contribution in [2.75, 3.05) is 32.8 Å². The molecule has 2 aromatic rings. The zero-order chi connectivity index (χ0) is 19.8. The first-order chi connectivity index (χ1) is 13.0. The van der Waals surface area contributed by atoms with Crippen LogP contribution in [0.25, 0.3) is 0 Å². The van der Waals surface area contributed by atoms with Crippen LogP contribution in [0.5, 0.6) is 17.2 Å². The van der Waals surface area contributed by atoms with E-state index in [1.807, 2.05) is 24.3 Å². The van der Waals surface area contributed by atoms with Crippen molar-refractivity contribution < 1.29 is 23.8 Å². The third kappa shape index (κ3) is 5.37. The highest BCUT2D eigenvalue weighted by molar-refractivity contribution is 5.97. The van der Waals surface area contributed by atoms with E-state index < -0.39 is 0 Å². The Morgan fingerprint density at radius 1 is 0.926 bits per heavy atom. The number of carbonyl (C=O) groups is 2. The second-order valence-electron chi connectivity index (χ2n) is 5.77. The number of benzene rings is 2. The molecule has 0 atom stereocenters. The summed E-state index contributed by atoms with van der Waals surface area (Å²) in [7, 11) is 4.65. The summed E-state index contributed by atoms with van der Waals surface area (Å²) in [6.07, 6.45) is 0. The Labute approximate surface area is 158 Å². The first kappa shape index (κ1) is 20.1. The number of amides is 2. The molecule has 1 N–H and O–H groups in total. The standard InChI is InChI=1S/C20H24N2O5/c1-14(23)22(16-7-10-18(26-3)19(11-16)27-4)13-20(24)21-12-15-5-8-17(25-2)9-6-15/h5-11H,12-13H2,1-4H3,(H,21,24). The van der Waals surface area contributed by atoms with Crippen molar-refractivity contribution in [3.8, 4) is 17.2 Å². The smallest absolute Gasteiger partial charge is 0.240 e. The molecule has 0 bridgehead atoms. The Hall–Kier alpha value is -3.22. The van der Waals surface area contributed by atoms with Crippen LogP contribution >= 0.6 is 0 Å². The van der Waals surface area contributed by atoms with Gasteiger partial charge in [-0.15, -0.1) is 0 Å². The number of ether oxygens (including phenoxy) is 3. The molecule has 0 saturated carbocycles. The minimum atomic E-state index is -0.268. The Balaban J connectivity index is 2.04. The summed E-state index contributed by atoms with van der Waals surface area (Å²) >= 11 is 0. The highest BCUT2D eigenvalue weighted by Gasteiger charge is 2.17. The summed E-state index contributed by atoms with van der Waals surface area (Å²) in [5.41, 5.74) is 1.49. The van der Waals surface area contributed by atoms with Gasteiger partial charge in [-0.25, -0.2) is 0 Å². The fourth-order valence-electron chi connectivity index (χ4n) is 2.52. The number of hydrogen-bond donors (Lipinski definition) is 1. The minimum absolute atomic E-state index is 0.0963. The molecule has 0 aliphatic carbocycles. The van der Waals surface area contributed by atoms with E-state index >= 15 is 0 Å². The Kier molecular flexibility index (Phi) is 7.05. The van der Waals surface area contributed by atoms with E-state index in [0.717, 1.165) is 11.3 Å². The second kappa shape index (κ2) is 9.47. The molecule has 0 saturated heterocycles. The second-order valence-corrected chi connectivity index (χ2v) is 5.77. The molecule has 2 amide bonds. The van der Waals surface area contributed by atoms with Gasteiger partial charge in [-0.3, -0.25) is 9.59 Å². The molecule has 27 heavy (non-hydrogen) atoms. The van der Waals surface area contributed by atoms with Crippen molar-refractivity contribution in [1.82, 2.24) is 5.32 Å². The fraction of sp³-hybridized carbons (Fsp3) is 0.300. The van der Waals surface area contributed by atoms with E-state index in [0.29, 0.717) is 23.7 Å². The quantitative estimate of drug-likeness (QED) is 0.770. The maximum Gasteiger partial charge on any atom is 0.240 e. The molecule has 7 heteroatoms. The maximum absolute atomic E-state index is 12.3. The maximum atomic E-state index is 12.3. The Morgan fingerprint density at radius 2 is 1.59 bits per heavy atom. The summed E-state index contributed by atoms with van der Waals surface area (Å²) in [6, 6.07) is 12.5. The average molecular weight is 372 g/mol. The van der Waals surface area contributed by atoms with Gasteiger partial charge in [-0.1, -0.05) is 12.1 Å². The molecule has 0 spiro atoms. The Morgan fingerprint density at radius 3 is 2.15 bits per heavy atom. The van der Waals surface area contributed by atoms with Gasteiger partial charge in [0.15, 0.2) is 11.5 Å². The SMILES string of the molecule is COc1ccc(CNC(=O)CN(C(C)=O)c2ccc(OC)c(OC)c2)cc1. The summed E-state index contributed by atoms with van der Waals surface area (Å²) in [6.45, 7) is 1.68. The fourth-order valence-corrected chi connectivity index (χ4v) is 2.52. The zero-order valence-corrected chi connectivity index (χ0v) is 15.9. The van der Waals surface area contributed by atoms with Crippen LogP contribution < -0.4 is 24.4 Å². The molecule has 0 unspecified atom stereocenters. The van der Waals surface area contributed by atoms with Gasteiger partial charge in [0.2, 0.25) is 11.8 Å². The van der Waals surface area contributed by atoms with Crippen molar-refractivity contribution in [2.24, 2.45) is 0 Å². The molecule has 0 fully saturated rings. The van der Waals surface area contributed by atoms with Crippen LogP contribution in [-0.2, 0) is 16.1 Å². The van der Waals surface area contributed by atoms with E-state index in [2.05, 4.69) is 5.32 Å². The summed E-state index contributed by atoms with van der Waals surface area (Å²) in [5.74, 6) is 1.27. The van der Waals surface area contributed by atoms with Crippen LogP contribution in [0.3, 0.4) is 0 Å². The normalized spacial score (nSPS) is 10.1. The lowest BCUT2D eigenvalue weighted by molar-refractivity contribution is -0.123. The van der Waals surface area contributed by atoms with Crippen LogP contribution in [0.15, 0.2) is 42.5 Å². The van der Waals surface area contributed by atoms with Crippen LogP contribution in [0.2, 0.25) is 0 Å². The molecule has 0 aliphatic heterocycles. The lowest BCUT2D eigenvalue weighted by Gasteiger charge is -2.22. The third-order valence-electron chi connectivity index (χ3n) is 4.01. The molecule has 7 nitrogen and oxygen atoms in total. The van der Waals surface area contributed by atoms with Crippen molar-refractivity contribution in [3.05, 3.63) is 48.0 Å². The summed E-state index contributed by atoms with van der Waals surface area (Å²) in [4.78, 5) is 25.7. The van der Waals surface area contributed by atoms with Crippen LogP contribution in [0.1, 0.15) is 12.5 Å². The molecular formula is C20H24N2O5. The monoisotopic (exact) mass is 372 g/mol. The molecule has 2 rings (SSSR count). The molecule has 0 aliphatic rings. The predicted octanol–water partition coefficient (Wildman–Crippen LogP) is 2.38. The van der Waals surface area contributed by atoms with E-state index in [-0.39, 0.29) is 18.4 Å². The first-order valence-corrected chi connectivity index (χ1v) is 8.38. The summed E-state index contributed by atoms with van der Waals surface area (Å²) < 4.78 is 15.6. The van der Waals surface area contributed by atoms with Crippen molar-refractivity contribution >= 4 is 17.5 Å². The number of hydrogen-bond acceptors (Lipinski definition) is 5. The number of carbonyl (C=O) groups excluding carboxylic acids is 2. The lowest BCUT2D eigenvalue weighted by Crippen LogP contribution is -2.39. The van der Waals surface area contributed by atoms with E-state index in [4.69, 9.17) is 14.2 Å². The lowest BCUT2D eigenvalue weighted by atomic mass is 10.2. The number of methoxy groups -OCH3 is 3. The van der Waals surface area contributed by atoms with E-state index in [1.54, 1.807) is 25.3 Å². The van der Waals surface area contributed by atoms with Crippen LogP contribution in [0, 0.1) is 0 Å². The highest BCUT2D eigenvalue weighted by Crippen LogP contribution is 2.31. The molecule has 0 radical (unpaired) electrons. The van der Waals surface area contributed by atoms with Gasteiger partial charge >= 0.3 is 0 Å². The molecular weight excluding hydrogens is 348 g/mol. The van der Waals surface area contributed by atoms with Gasteiger partial charge < -0.3 is 24.4 Å².